The first kappa shape index (κ1) is 17.1. The first-order chi connectivity index (χ1) is 9.58. The van der Waals surface area contributed by atoms with Crippen molar-refractivity contribution in [2.75, 3.05) is 51.8 Å². The number of esters is 1. The lowest BCUT2D eigenvalue weighted by molar-refractivity contribution is 0.0366. The number of thioether (sulfide) groups is 1. The summed E-state index contributed by atoms with van der Waals surface area (Å²) in [7, 11) is 4.59. The van der Waals surface area contributed by atoms with E-state index in [2.05, 4.69) is 5.32 Å². The van der Waals surface area contributed by atoms with Gasteiger partial charge in [0.1, 0.15) is 9.88 Å². The molecule has 0 fully saturated rings. The van der Waals surface area contributed by atoms with Crippen LogP contribution in [0, 0.1) is 0 Å². The van der Waals surface area contributed by atoms with Gasteiger partial charge in [-0.25, -0.2) is 4.79 Å². The molecule has 20 heavy (non-hydrogen) atoms. The summed E-state index contributed by atoms with van der Waals surface area (Å²) < 4.78 is 15.1. The van der Waals surface area contributed by atoms with Crippen molar-refractivity contribution < 1.29 is 19.0 Å². The summed E-state index contributed by atoms with van der Waals surface area (Å²) in [5.41, 5.74) is 6.44. The lowest BCUT2D eigenvalue weighted by atomic mass is 10.3. The summed E-state index contributed by atoms with van der Waals surface area (Å²) in [5.74, 6) is -0.420. The number of nitrogens with one attached hydrogen (secondary N) is 1. The van der Waals surface area contributed by atoms with E-state index in [9.17, 15) is 4.79 Å². The number of carbonyl (C=O) groups excluding carboxylic acids is 1. The fraction of sp³-hybridized carbons (Fsp3) is 0.583. The first-order valence-electron chi connectivity index (χ1n) is 5.89. The number of hydrogen-bond donors (Lipinski definition) is 2. The lowest BCUT2D eigenvalue weighted by Gasteiger charge is -2.15. The number of nitrogens with two attached hydrogens (primary N) is 1. The maximum absolute atomic E-state index is 11.6. The Bertz CT molecular complexity index is 451. The summed E-state index contributed by atoms with van der Waals surface area (Å²) in [5, 5.41) is 4.09. The molecular formula is C12H20N2O4S2. The fourth-order valence-corrected chi connectivity index (χ4v) is 3.55. The Kier molecular flexibility index (Phi) is 7.14. The first-order valence-corrected chi connectivity index (χ1v) is 7.93. The molecule has 114 valence electrons. The van der Waals surface area contributed by atoms with Crippen LogP contribution >= 0.6 is 23.1 Å². The molecule has 1 heterocycles. The van der Waals surface area contributed by atoms with E-state index in [4.69, 9.17) is 19.9 Å². The normalized spacial score (nSPS) is 12.2. The van der Waals surface area contributed by atoms with E-state index in [1.54, 1.807) is 14.2 Å². The van der Waals surface area contributed by atoms with Gasteiger partial charge in [0.25, 0.3) is 0 Å². The predicted molar refractivity (Wildman–Crippen MR) is 83.0 cm³/mol. The highest BCUT2D eigenvalue weighted by molar-refractivity contribution is 7.99. The van der Waals surface area contributed by atoms with Gasteiger partial charge in [0.15, 0.2) is 0 Å². The molecule has 0 bridgehead atoms. The van der Waals surface area contributed by atoms with Crippen LogP contribution in [0.25, 0.3) is 0 Å². The van der Waals surface area contributed by atoms with Crippen molar-refractivity contribution in [1.82, 2.24) is 0 Å². The van der Waals surface area contributed by atoms with E-state index >= 15 is 0 Å². The van der Waals surface area contributed by atoms with Gasteiger partial charge in [-0.1, -0.05) is 0 Å². The molecule has 1 rings (SSSR count). The zero-order chi connectivity index (χ0) is 15.1. The van der Waals surface area contributed by atoms with Gasteiger partial charge >= 0.3 is 5.97 Å². The molecule has 1 aromatic heterocycles. The van der Waals surface area contributed by atoms with Crippen molar-refractivity contribution in [3.63, 3.8) is 0 Å². The minimum Gasteiger partial charge on any atom is -0.465 e. The van der Waals surface area contributed by atoms with E-state index < -0.39 is 5.97 Å². The zero-order valence-corrected chi connectivity index (χ0v) is 13.7. The molecule has 0 radical (unpaired) electrons. The molecule has 0 saturated heterocycles. The number of thiophene rings is 1. The van der Waals surface area contributed by atoms with Gasteiger partial charge < -0.3 is 25.3 Å². The Balaban J connectivity index is 2.86. The number of hydrogen-bond acceptors (Lipinski definition) is 8. The molecule has 1 atom stereocenters. The number of rotatable bonds is 8. The summed E-state index contributed by atoms with van der Waals surface area (Å²) in [6, 6.07) is 0. The summed E-state index contributed by atoms with van der Waals surface area (Å²) in [6.07, 6.45) is 1.84. The molecule has 1 unspecified atom stereocenters. The van der Waals surface area contributed by atoms with E-state index in [0.717, 1.165) is 9.90 Å². The highest BCUT2D eigenvalue weighted by Crippen LogP contribution is 2.41. The molecule has 0 saturated carbocycles. The number of ether oxygens (including phenoxy) is 3. The Morgan fingerprint density at radius 1 is 1.45 bits per heavy atom. The molecule has 0 aliphatic rings. The maximum Gasteiger partial charge on any atom is 0.350 e. The number of carbonyl (C=O) groups is 1. The molecular weight excluding hydrogens is 300 g/mol. The Labute approximate surface area is 127 Å². The fourth-order valence-electron chi connectivity index (χ4n) is 1.59. The highest BCUT2D eigenvalue weighted by atomic mass is 32.2. The van der Waals surface area contributed by atoms with Gasteiger partial charge in [-0.05, 0) is 6.26 Å². The molecule has 0 spiro atoms. The van der Waals surface area contributed by atoms with Crippen LogP contribution in [0.2, 0.25) is 0 Å². The van der Waals surface area contributed by atoms with Crippen molar-refractivity contribution in [1.29, 1.82) is 0 Å². The molecule has 8 heteroatoms. The molecule has 3 N–H and O–H groups in total. The third-order valence-electron chi connectivity index (χ3n) is 2.65. The predicted octanol–water partition coefficient (Wildman–Crippen LogP) is 1.91. The largest absolute Gasteiger partial charge is 0.465 e. The van der Waals surface area contributed by atoms with Crippen LogP contribution in [0.5, 0.6) is 0 Å². The van der Waals surface area contributed by atoms with Crippen LogP contribution in [0.1, 0.15) is 9.67 Å². The Morgan fingerprint density at radius 2 is 2.15 bits per heavy atom. The van der Waals surface area contributed by atoms with E-state index in [-0.39, 0.29) is 6.10 Å². The number of anilines is 2. The minimum atomic E-state index is -0.420. The van der Waals surface area contributed by atoms with Gasteiger partial charge in [0.2, 0.25) is 0 Å². The van der Waals surface area contributed by atoms with Crippen molar-refractivity contribution >= 4 is 39.8 Å². The maximum atomic E-state index is 11.6. The van der Waals surface area contributed by atoms with E-state index in [1.165, 1.54) is 30.2 Å². The quantitative estimate of drug-likeness (QED) is 0.559. The molecule has 0 aliphatic heterocycles. The lowest BCUT2D eigenvalue weighted by Crippen LogP contribution is -2.26. The summed E-state index contributed by atoms with van der Waals surface area (Å²) in [6.45, 7) is 1.06. The second-order valence-electron chi connectivity index (χ2n) is 3.89. The van der Waals surface area contributed by atoms with Gasteiger partial charge in [-0.3, -0.25) is 0 Å². The highest BCUT2D eigenvalue weighted by Gasteiger charge is 2.21. The molecule has 1 aromatic rings. The smallest absolute Gasteiger partial charge is 0.350 e. The minimum absolute atomic E-state index is 0.0698. The van der Waals surface area contributed by atoms with Crippen LogP contribution in [-0.4, -0.2) is 52.8 Å². The van der Waals surface area contributed by atoms with Gasteiger partial charge in [-0.2, -0.15) is 0 Å². The van der Waals surface area contributed by atoms with Crippen LogP contribution in [0.4, 0.5) is 10.7 Å². The van der Waals surface area contributed by atoms with E-state index in [1.807, 2.05) is 6.26 Å². The van der Waals surface area contributed by atoms with Gasteiger partial charge in [-0.15, -0.1) is 23.1 Å². The van der Waals surface area contributed by atoms with Crippen molar-refractivity contribution in [2.24, 2.45) is 0 Å². The standard InChI is InChI=1S/C12H20N2O4S2/c1-16-6-7(17-2)5-14-11-9(19-4)8(13)10(20-11)12(15)18-3/h7,14H,5-6,13H2,1-4H3. The zero-order valence-electron chi connectivity index (χ0n) is 12.0. The molecule has 6 nitrogen and oxygen atoms in total. The molecule has 0 aromatic carbocycles. The van der Waals surface area contributed by atoms with Crippen LogP contribution in [0.3, 0.4) is 0 Å². The third-order valence-corrected chi connectivity index (χ3v) is 4.76. The average molecular weight is 320 g/mol. The van der Waals surface area contributed by atoms with Crippen LogP contribution in [-0.2, 0) is 14.2 Å². The van der Waals surface area contributed by atoms with Crippen LogP contribution < -0.4 is 11.1 Å². The third kappa shape index (κ3) is 4.02. The number of nitrogen functional groups attached to an aromatic ring is 1. The summed E-state index contributed by atoms with van der Waals surface area (Å²) >= 11 is 2.77. The van der Waals surface area contributed by atoms with Gasteiger partial charge in [0, 0.05) is 20.8 Å². The molecule has 0 aliphatic carbocycles. The van der Waals surface area contributed by atoms with Gasteiger partial charge in [0.05, 0.1) is 30.4 Å². The molecule has 0 amide bonds. The summed E-state index contributed by atoms with van der Waals surface area (Å²) in [4.78, 5) is 12.9. The Morgan fingerprint density at radius 3 is 2.65 bits per heavy atom. The van der Waals surface area contributed by atoms with Crippen LogP contribution in [0.15, 0.2) is 4.90 Å². The average Bonchev–Trinajstić information content (AvgIpc) is 2.78. The Hall–Kier alpha value is -0.960. The monoisotopic (exact) mass is 320 g/mol. The van der Waals surface area contributed by atoms with Crippen molar-refractivity contribution in [2.45, 2.75) is 11.0 Å². The topological polar surface area (TPSA) is 82.8 Å². The SMILES string of the molecule is COCC(CNc1sc(C(=O)OC)c(N)c1SC)OC. The second kappa shape index (κ2) is 8.35. The van der Waals surface area contributed by atoms with E-state index in [0.29, 0.717) is 23.7 Å². The van der Waals surface area contributed by atoms with Crippen molar-refractivity contribution in [3.8, 4) is 0 Å². The second-order valence-corrected chi connectivity index (χ2v) is 5.73. The number of methoxy groups -OCH3 is 3. The van der Waals surface area contributed by atoms with Crippen molar-refractivity contribution in [3.05, 3.63) is 4.88 Å².